The molecule has 0 heterocycles. The van der Waals surface area contributed by atoms with Crippen LogP contribution >= 0.6 is 0 Å². The van der Waals surface area contributed by atoms with Crippen molar-refractivity contribution in [1.82, 2.24) is 5.32 Å². The fourth-order valence-electron chi connectivity index (χ4n) is 1.82. The molecule has 4 nitrogen and oxygen atoms in total. The number of benzene rings is 1. The van der Waals surface area contributed by atoms with Crippen LogP contribution in [0.2, 0.25) is 0 Å². The Balaban J connectivity index is 1.99. The van der Waals surface area contributed by atoms with Crippen molar-refractivity contribution in [1.29, 1.82) is 0 Å². The van der Waals surface area contributed by atoms with E-state index in [2.05, 4.69) is 5.32 Å². The van der Waals surface area contributed by atoms with E-state index in [4.69, 9.17) is 9.47 Å². The zero-order valence-electron chi connectivity index (χ0n) is 11.1. The second-order valence-electron chi connectivity index (χ2n) is 4.98. The largest absolute Gasteiger partial charge is 0.491 e. The number of ether oxygens (including phenoxy) is 2. The third kappa shape index (κ3) is 3.67. The molecule has 19 heavy (non-hydrogen) atoms. The minimum atomic E-state index is -0.885. The van der Waals surface area contributed by atoms with Crippen molar-refractivity contribution in [2.24, 2.45) is 0 Å². The Morgan fingerprint density at radius 1 is 1.42 bits per heavy atom. The van der Waals surface area contributed by atoms with Crippen LogP contribution in [0.1, 0.15) is 19.8 Å². The van der Waals surface area contributed by atoms with E-state index in [0.717, 1.165) is 12.8 Å². The minimum Gasteiger partial charge on any atom is -0.491 e. The molecular weight excluding hydrogens is 249 g/mol. The highest BCUT2D eigenvalue weighted by molar-refractivity contribution is 5.80. The van der Waals surface area contributed by atoms with Gasteiger partial charge in [0, 0.05) is 6.04 Å². The van der Waals surface area contributed by atoms with Crippen LogP contribution in [0.3, 0.4) is 0 Å². The molecule has 0 aromatic heterocycles. The summed E-state index contributed by atoms with van der Waals surface area (Å²) in [6, 6.07) is 6.05. The smallest absolute Gasteiger partial charge is 0.329 e. The van der Waals surface area contributed by atoms with Crippen molar-refractivity contribution in [3.63, 3.8) is 0 Å². The lowest BCUT2D eigenvalue weighted by Gasteiger charge is -2.28. The van der Waals surface area contributed by atoms with Gasteiger partial charge in [0.1, 0.15) is 23.7 Å². The molecule has 5 heteroatoms. The van der Waals surface area contributed by atoms with Gasteiger partial charge in [0.2, 0.25) is 0 Å². The number of nitrogens with one attached hydrogen (secondary N) is 1. The summed E-state index contributed by atoms with van der Waals surface area (Å²) in [5.41, 5.74) is -0.885. The maximum Gasteiger partial charge on any atom is 0.329 e. The first kappa shape index (κ1) is 13.8. The summed E-state index contributed by atoms with van der Waals surface area (Å²) >= 11 is 0. The van der Waals surface area contributed by atoms with Gasteiger partial charge in [0.25, 0.3) is 0 Å². The maximum atomic E-state index is 12.8. The van der Waals surface area contributed by atoms with E-state index >= 15 is 0 Å². The second kappa shape index (κ2) is 5.57. The molecule has 0 aliphatic heterocycles. The normalized spacial score (nSPS) is 17.6. The molecule has 1 fully saturated rings. The van der Waals surface area contributed by atoms with Gasteiger partial charge in [-0.25, -0.2) is 9.18 Å². The van der Waals surface area contributed by atoms with Gasteiger partial charge in [-0.05, 0) is 44.0 Å². The van der Waals surface area contributed by atoms with E-state index in [-0.39, 0.29) is 18.4 Å². The van der Waals surface area contributed by atoms with Crippen molar-refractivity contribution in [2.75, 3.05) is 13.7 Å². The average Bonchev–Trinajstić information content (AvgIpc) is 3.21. The summed E-state index contributed by atoms with van der Waals surface area (Å²) in [4.78, 5) is 11.8. The van der Waals surface area contributed by atoms with Gasteiger partial charge >= 0.3 is 5.97 Å². The Morgan fingerprint density at radius 2 is 2.05 bits per heavy atom. The fourth-order valence-corrected chi connectivity index (χ4v) is 1.82. The molecule has 0 radical (unpaired) electrons. The predicted molar refractivity (Wildman–Crippen MR) is 68.5 cm³/mol. The number of methoxy groups -OCH3 is 1. The molecule has 0 bridgehead atoms. The fraction of sp³-hybridized carbons (Fsp3) is 0.500. The summed E-state index contributed by atoms with van der Waals surface area (Å²) in [6.45, 7) is 1.89. The van der Waals surface area contributed by atoms with E-state index in [1.807, 2.05) is 0 Å². The highest BCUT2D eigenvalue weighted by Gasteiger charge is 2.40. The lowest BCUT2D eigenvalue weighted by atomic mass is 10.0. The molecule has 1 aromatic carbocycles. The van der Waals surface area contributed by atoms with Crippen LogP contribution in [0.15, 0.2) is 24.3 Å². The summed E-state index contributed by atoms with van der Waals surface area (Å²) in [5.74, 6) is -0.158. The van der Waals surface area contributed by atoms with E-state index < -0.39 is 5.54 Å². The first-order valence-electron chi connectivity index (χ1n) is 6.28. The van der Waals surface area contributed by atoms with Crippen molar-refractivity contribution in [3.8, 4) is 5.75 Å². The lowest BCUT2D eigenvalue weighted by Crippen LogP contribution is -2.55. The summed E-state index contributed by atoms with van der Waals surface area (Å²) in [7, 11) is 1.35. The number of halogens is 1. The number of rotatable bonds is 6. The molecule has 0 spiro atoms. The number of carbonyl (C=O) groups is 1. The summed E-state index contributed by atoms with van der Waals surface area (Å²) in [6.07, 6.45) is 2.12. The quantitative estimate of drug-likeness (QED) is 0.800. The van der Waals surface area contributed by atoms with Crippen molar-refractivity contribution >= 4 is 5.97 Å². The van der Waals surface area contributed by atoms with Crippen LogP contribution in [0.4, 0.5) is 4.39 Å². The third-order valence-corrected chi connectivity index (χ3v) is 3.08. The Morgan fingerprint density at radius 3 is 2.58 bits per heavy atom. The van der Waals surface area contributed by atoms with Gasteiger partial charge in [0.05, 0.1) is 7.11 Å². The Kier molecular flexibility index (Phi) is 4.04. The molecule has 1 atom stereocenters. The molecule has 1 aliphatic rings. The van der Waals surface area contributed by atoms with Crippen LogP contribution in [-0.2, 0) is 9.53 Å². The van der Waals surface area contributed by atoms with Crippen LogP contribution in [0.25, 0.3) is 0 Å². The van der Waals surface area contributed by atoms with Gasteiger partial charge in [-0.2, -0.15) is 0 Å². The Hall–Kier alpha value is -1.62. The Bertz CT molecular complexity index is 445. The highest BCUT2D eigenvalue weighted by Crippen LogP contribution is 2.24. The molecule has 1 unspecified atom stereocenters. The Labute approximate surface area is 111 Å². The van der Waals surface area contributed by atoms with Crippen molar-refractivity contribution in [2.45, 2.75) is 31.3 Å². The number of esters is 1. The summed E-state index contributed by atoms with van der Waals surface area (Å²) < 4.78 is 23.1. The van der Waals surface area contributed by atoms with Gasteiger partial charge in [-0.3, -0.25) is 5.32 Å². The molecule has 2 rings (SSSR count). The third-order valence-electron chi connectivity index (χ3n) is 3.08. The second-order valence-corrected chi connectivity index (χ2v) is 4.98. The topological polar surface area (TPSA) is 47.6 Å². The van der Waals surface area contributed by atoms with Crippen LogP contribution in [0.5, 0.6) is 5.75 Å². The standard InChI is InChI=1S/C14H18FNO3/c1-14(13(17)18-2,16-11-5-6-11)9-19-12-7-3-10(15)4-8-12/h3-4,7-8,11,16H,5-6,9H2,1-2H3. The molecule has 0 amide bonds. The SMILES string of the molecule is COC(=O)C(C)(COc1ccc(F)cc1)NC1CC1. The molecule has 0 saturated heterocycles. The molecular formula is C14H18FNO3. The first-order valence-corrected chi connectivity index (χ1v) is 6.28. The van der Waals surface area contributed by atoms with E-state index in [1.165, 1.54) is 31.4 Å². The highest BCUT2D eigenvalue weighted by atomic mass is 19.1. The first-order chi connectivity index (χ1) is 9.03. The lowest BCUT2D eigenvalue weighted by molar-refractivity contribution is -0.149. The number of hydrogen-bond acceptors (Lipinski definition) is 4. The van der Waals surface area contributed by atoms with Gasteiger partial charge in [-0.15, -0.1) is 0 Å². The van der Waals surface area contributed by atoms with E-state index in [0.29, 0.717) is 11.8 Å². The number of carbonyl (C=O) groups excluding carboxylic acids is 1. The number of hydrogen-bond donors (Lipinski definition) is 1. The van der Waals surface area contributed by atoms with Gasteiger partial charge in [0.15, 0.2) is 0 Å². The molecule has 1 N–H and O–H groups in total. The molecule has 1 aromatic rings. The maximum absolute atomic E-state index is 12.8. The average molecular weight is 267 g/mol. The molecule has 1 aliphatic carbocycles. The van der Waals surface area contributed by atoms with Gasteiger partial charge in [-0.1, -0.05) is 0 Å². The predicted octanol–water partition coefficient (Wildman–Crippen LogP) is 1.89. The molecule has 1 saturated carbocycles. The van der Waals surface area contributed by atoms with E-state index in [1.54, 1.807) is 6.92 Å². The van der Waals surface area contributed by atoms with Gasteiger partial charge < -0.3 is 9.47 Å². The zero-order chi connectivity index (χ0) is 13.9. The van der Waals surface area contributed by atoms with E-state index in [9.17, 15) is 9.18 Å². The molecule has 104 valence electrons. The van der Waals surface area contributed by atoms with Crippen LogP contribution in [0, 0.1) is 5.82 Å². The summed E-state index contributed by atoms with van der Waals surface area (Å²) in [5, 5.41) is 3.23. The van der Waals surface area contributed by atoms with Crippen molar-refractivity contribution in [3.05, 3.63) is 30.1 Å². The monoisotopic (exact) mass is 267 g/mol. The minimum absolute atomic E-state index is 0.141. The van der Waals surface area contributed by atoms with Crippen LogP contribution in [-0.4, -0.2) is 31.3 Å². The zero-order valence-corrected chi connectivity index (χ0v) is 11.1. The van der Waals surface area contributed by atoms with Crippen molar-refractivity contribution < 1.29 is 18.7 Å². The van der Waals surface area contributed by atoms with Crippen LogP contribution < -0.4 is 10.1 Å².